The lowest BCUT2D eigenvalue weighted by Crippen LogP contribution is -2.42. The molecular formula is C15H19BrFNO. The predicted octanol–water partition coefficient (Wildman–Crippen LogP) is 3.48. The standard InChI is InChI=1S/C15H19BrFNO/c1-2-15(3-5-18-6-4-15)14(19)9-11-7-12(16)10-13(17)8-11/h7-8,10,18H,2-6,9H2,1H3. The minimum Gasteiger partial charge on any atom is -0.317 e. The van der Waals surface area contributed by atoms with Gasteiger partial charge in [-0.1, -0.05) is 22.9 Å². The molecular weight excluding hydrogens is 309 g/mol. The quantitative estimate of drug-likeness (QED) is 0.917. The van der Waals surface area contributed by atoms with Crippen molar-refractivity contribution in [3.05, 3.63) is 34.1 Å². The minimum absolute atomic E-state index is 0.218. The maximum atomic E-state index is 13.3. The third-order valence-corrected chi connectivity index (χ3v) is 4.57. The topological polar surface area (TPSA) is 29.1 Å². The van der Waals surface area contributed by atoms with Crippen molar-refractivity contribution < 1.29 is 9.18 Å². The molecule has 0 atom stereocenters. The van der Waals surface area contributed by atoms with Crippen LogP contribution in [0.4, 0.5) is 4.39 Å². The van der Waals surface area contributed by atoms with Crippen molar-refractivity contribution >= 4 is 21.7 Å². The summed E-state index contributed by atoms with van der Waals surface area (Å²) in [4.78, 5) is 12.6. The summed E-state index contributed by atoms with van der Waals surface area (Å²) in [5, 5.41) is 3.29. The minimum atomic E-state index is -0.298. The second-order valence-corrected chi connectivity index (χ2v) is 6.18. The summed E-state index contributed by atoms with van der Waals surface area (Å²) in [5.74, 6) is -0.0537. The van der Waals surface area contributed by atoms with Gasteiger partial charge in [0.05, 0.1) is 0 Å². The number of benzene rings is 1. The van der Waals surface area contributed by atoms with Crippen LogP contribution < -0.4 is 5.32 Å². The number of halogens is 2. The van der Waals surface area contributed by atoms with E-state index in [1.165, 1.54) is 12.1 Å². The fourth-order valence-corrected chi connectivity index (χ4v) is 3.33. The molecule has 2 nitrogen and oxygen atoms in total. The molecule has 0 spiro atoms. The van der Waals surface area contributed by atoms with Crippen LogP contribution in [0.3, 0.4) is 0 Å². The van der Waals surface area contributed by atoms with Crippen LogP contribution in [0.1, 0.15) is 31.7 Å². The molecule has 1 saturated heterocycles. The summed E-state index contributed by atoms with van der Waals surface area (Å²) in [6.45, 7) is 3.86. The van der Waals surface area contributed by atoms with Crippen molar-refractivity contribution in [2.75, 3.05) is 13.1 Å². The molecule has 1 N–H and O–H groups in total. The highest BCUT2D eigenvalue weighted by Gasteiger charge is 2.37. The fourth-order valence-electron chi connectivity index (χ4n) is 2.82. The normalized spacial score (nSPS) is 18.3. The maximum Gasteiger partial charge on any atom is 0.143 e. The molecule has 1 aliphatic rings. The summed E-state index contributed by atoms with van der Waals surface area (Å²) < 4.78 is 14.0. The Labute approximate surface area is 121 Å². The average molecular weight is 328 g/mol. The number of carbonyl (C=O) groups excluding carboxylic acids is 1. The Bertz CT molecular complexity index is 449. The van der Waals surface area contributed by atoms with Crippen LogP contribution in [0.15, 0.2) is 22.7 Å². The molecule has 0 aromatic heterocycles. The lowest BCUT2D eigenvalue weighted by atomic mass is 9.72. The number of piperidine rings is 1. The van der Waals surface area contributed by atoms with Crippen molar-refractivity contribution in [1.29, 1.82) is 0 Å². The molecule has 1 fully saturated rings. The molecule has 1 aromatic carbocycles. The number of rotatable bonds is 4. The summed E-state index contributed by atoms with van der Waals surface area (Å²) in [6, 6.07) is 4.69. The van der Waals surface area contributed by atoms with Gasteiger partial charge in [-0.25, -0.2) is 4.39 Å². The van der Waals surface area contributed by atoms with Gasteiger partial charge in [0.1, 0.15) is 11.6 Å². The molecule has 0 radical (unpaired) electrons. The Hall–Kier alpha value is -0.740. The van der Waals surface area contributed by atoms with Gasteiger partial charge in [-0.05, 0) is 56.1 Å². The smallest absolute Gasteiger partial charge is 0.143 e. The molecule has 2 rings (SSSR count). The Balaban J connectivity index is 2.14. The Kier molecular flexibility index (Phi) is 4.74. The first-order valence-corrected chi connectivity index (χ1v) is 7.54. The molecule has 19 heavy (non-hydrogen) atoms. The Morgan fingerprint density at radius 2 is 2.05 bits per heavy atom. The van der Waals surface area contributed by atoms with E-state index in [9.17, 15) is 9.18 Å². The summed E-state index contributed by atoms with van der Waals surface area (Å²) in [5.41, 5.74) is 0.535. The van der Waals surface area contributed by atoms with Crippen molar-refractivity contribution in [1.82, 2.24) is 5.32 Å². The highest BCUT2D eigenvalue weighted by Crippen LogP contribution is 2.34. The first-order chi connectivity index (χ1) is 9.05. The highest BCUT2D eigenvalue weighted by molar-refractivity contribution is 9.10. The molecule has 1 heterocycles. The fraction of sp³-hybridized carbons (Fsp3) is 0.533. The van der Waals surface area contributed by atoms with Crippen LogP contribution >= 0.6 is 15.9 Å². The van der Waals surface area contributed by atoms with Gasteiger partial charge in [-0.15, -0.1) is 0 Å². The van der Waals surface area contributed by atoms with Gasteiger partial charge >= 0.3 is 0 Å². The van der Waals surface area contributed by atoms with Crippen LogP contribution in [-0.2, 0) is 11.2 Å². The SMILES string of the molecule is CCC1(C(=O)Cc2cc(F)cc(Br)c2)CCNCC1. The summed E-state index contributed by atoms with van der Waals surface area (Å²) >= 11 is 3.27. The summed E-state index contributed by atoms with van der Waals surface area (Å²) in [7, 11) is 0. The van der Waals surface area contributed by atoms with Gasteiger partial charge in [-0.3, -0.25) is 4.79 Å². The van der Waals surface area contributed by atoms with Crippen molar-refractivity contribution in [2.45, 2.75) is 32.6 Å². The van der Waals surface area contributed by atoms with Crippen molar-refractivity contribution in [3.8, 4) is 0 Å². The molecule has 0 bridgehead atoms. The van der Waals surface area contributed by atoms with Gasteiger partial charge in [0.15, 0.2) is 0 Å². The molecule has 1 aromatic rings. The highest BCUT2D eigenvalue weighted by atomic mass is 79.9. The van der Waals surface area contributed by atoms with E-state index < -0.39 is 0 Å². The van der Waals surface area contributed by atoms with E-state index in [1.54, 1.807) is 0 Å². The van der Waals surface area contributed by atoms with Crippen molar-refractivity contribution in [2.24, 2.45) is 5.41 Å². The molecule has 0 aliphatic carbocycles. The number of nitrogens with one attached hydrogen (secondary N) is 1. The van der Waals surface area contributed by atoms with E-state index >= 15 is 0 Å². The maximum absolute atomic E-state index is 13.3. The molecule has 104 valence electrons. The number of hydrogen-bond acceptors (Lipinski definition) is 2. The van der Waals surface area contributed by atoms with Gasteiger partial charge in [0.2, 0.25) is 0 Å². The Morgan fingerprint density at radius 3 is 2.63 bits per heavy atom. The molecule has 4 heteroatoms. The van der Waals surface area contributed by atoms with E-state index in [0.717, 1.165) is 37.9 Å². The van der Waals surface area contributed by atoms with Crippen LogP contribution in [0.5, 0.6) is 0 Å². The Morgan fingerprint density at radius 1 is 1.37 bits per heavy atom. The number of hydrogen-bond donors (Lipinski definition) is 1. The first-order valence-electron chi connectivity index (χ1n) is 6.75. The molecule has 1 aliphatic heterocycles. The van der Waals surface area contributed by atoms with E-state index in [-0.39, 0.29) is 17.0 Å². The lowest BCUT2D eigenvalue weighted by molar-refractivity contribution is -0.129. The molecule has 0 saturated carbocycles. The lowest BCUT2D eigenvalue weighted by Gasteiger charge is -2.35. The third kappa shape index (κ3) is 3.42. The van der Waals surface area contributed by atoms with Gasteiger partial charge in [-0.2, -0.15) is 0 Å². The molecule has 0 unspecified atom stereocenters. The summed E-state index contributed by atoms with van der Waals surface area (Å²) in [6.07, 6.45) is 2.96. The third-order valence-electron chi connectivity index (χ3n) is 4.12. The first kappa shape index (κ1) is 14.7. The largest absolute Gasteiger partial charge is 0.317 e. The van der Waals surface area contributed by atoms with Crippen LogP contribution in [-0.4, -0.2) is 18.9 Å². The number of Topliss-reactive ketones (excluding diaryl/α,β-unsaturated/α-hetero) is 1. The van der Waals surface area contributed by atoms with Crippen molar-refractivity contribution in [3.63, 3.8) is 0 Å². The number of carbonyl (C=O) groups is 1. The van der Waals surface area contributed by atoms with E-state index in [2.05, 4.69) is 28.2 Å². The van der Waals surface area contributed by atoms with E-state index in [0.29, 0.717) is 10.9 Å². The average Bonchev–Trinajstić information content (AvgIpc) is 2.38. The zero-order valence-electron chi connectivity index (χ0n) is 11.1. The van der Waals surface area contributed by atoms with E-state index in [1.807, 2.05) is 6.07 Å². The van der Waals surface area contributed by atoms with Crippen LogP contribution in [0, 0.1) is 11.2 Å². The van der Waals surface area contributed by atoms with Crippen LogP contribution in [0.2, 0.25) is 0 Å². The zero-order chi connectivity index (χ0) is 13.9. The predicted molar refractivity (Wildman–Crippen MR) is 77.6 cm³/mol. The van der Waals surface area contributed by atoms with Crippen LogP contribution in [0.25, 0.3) is 0 Å². The zero-order valence-corrected chi connectivity index (χ0v) is 12.7. The monoisotopic (exact) mass is 327 g/mol. The van der Waals surface area contributed by atoms with Gasteiger partial charge in [0, 0.05) is 16.3 Å². The van der Waals surface area contributed by atoms with Gasteiger partial charge < -0.3 is 5.32 Å². The second kappa shape index (κ2) is 6.14. The van der Waals surface area contributed by atoms with Gasteiger partial charge in [0.25, 0.3) is 0 Å². The van der Waals surface area contributed by atoms with E-state index in [4.69, 9.17) is 0 Å². The number of ketones is 1. The second-order valence-electron chi connectivity index (χ2n) is 5.26. The molecule has 0 amide bonds.